The fourth-order valence-corrected chi connectivity index (χ4v) is 4.47. The summed E-state index contributed by atoms with van der Waals surface area (Å²) in [5, 5.41) is 0. The van der Waals surface area contributed by atoms with Crippen LogP contribution in [0.1, 0.15) is 31.8 Å². The zero-order chi connectivity index (χ0) is 20.0. The van der Waals surface area contributed by atoms with Gasteiger partial charge in [-0.1, -0.05) is 94.8 Å². The maximum atomic E-state index is 13.1. The average Bonchev–Trinajstić information content (AvgIpc) is 2.78. The van der Waals surface area contributed by atoms with Crippen molar-refractivity contribution in [1.82, 2.24) is 0 Å². The number of carbonyl (C=O) groups excluding carboxylic acids is 2. The number of rotatable bonds is 2. The molecule has 0 spiro atoms. The topological polar surface area (TPSA) is 34.1 Å². The van der Waals surface area contributed by atoms with Gasteiger partial charge in [-0.2, -0.15) is 0 Å². The molecule has 1 aliphatic rings. The monoisotopic (exact) mass is 438 g/mol. The van der Waals surface area contributed by atoms with Gasteiger partial charge in [0.2, 0.25) is 0 Å². The van der Waals surface area contributed by atoms with Gasteiger partial charge in [0.15, 0.2) is 11.6 Å². The van der Waals surface area contributed by atoms with Crippen molar-refractivity contribution in [2.45, 2.75) is 0 Å². The first-order chi connectivity index (χ1) is 14.1. The van der Waals surface area contributed by atoms with Crippen molar-refractivity contribution >= 4 is 27.5 Å². The van der Waals surface area contributed by atoms with Crippen LogP contribution in [0.5, 0.6) is 0 Å². The van der Waals surface area contributed by atoms with E-state index in [4.69, 9.17) is 0 Å². The van der Waals surface area contributed by atoms with Crippen LogP contribution in [0.25, 0.3) is 22.3 Å². The maximum Gasteiger partial charge on any atom is 0.194 e. The number of hydrogen-bond acceptors (Lipinski definition) is 2. The Morgan fingerprint density at radius 1 is 0.448 bits per heavy atom. The van der Waals surface area contributed by atoms with E-state index in [1.54, 1.807) is 30.3 Å². The molecule has 0 atom stereocenters. The number of ketones is 2. The van der Waals surface area contributed by atoms with Gasteiger partial charge >= 0.3 is 0 Å². The van der Waals surface area contributed by atoms with Gasteiger partial charge in [-0.3, -0.25) is 9.59 Å². The molecular weight excluding hydrogens is 424 g/mol. The van der Waals surface area contributed by atoms with E-state index in [2.05, 4.69) is 34.1 Å². The molecule has 0 fully saturated rings. The highest BCUT2D eigenvalue weighted by Crippen LogP contribution is 2.39. The molecule has 0 bridgehead atoms. The molecule has 2 nitrogen and oxygen atoms in total. The third-order valence-electron chi connectivity index (χ3n) is 5.31. The fraction of sp³-hybridized carbons (Fsp3) is 0. The molecule has 0 amide bonds. The molecule has 138 valence electrons. The summed E-state index contributed by atoms with van der Waals surface area (Å²) >= 11 is 3.64. The minimum Gasteiger partial charge on any atom is -0.289 e. The van der Waals surface area contributed by atoms with Gasteiger partial charge in [-0.15, -0.1) is 0 Å². The third-order valence-corrected chi connectivity index (χ3v) is 5.97. The zero-order valence-electron chi connectivity index (χ0n) is 15.4. The van der Waals surface area contributed by atoms with E-state index in [9.17, 15) is 9.59 Å². The molecule has 4 aromatic carbocycles. The fourth-order valence-electron chi connectivity index (χ4n) is 3.91. The van der Waals surface area contributed by atoms with E-state index in [1.165, 1.54) is 0 Å². The SMILES string of the molecule is O=C1c2ccccc2C(=O)c2cc(-c3ccccc3-c3ccccc3)c(Br)cc21. The summed E-state index contributed by atoms with van der Waals surface area (Å²) in [5.74, 6) is -0.222. The van der Waals surface area contributed by atoms with Gasteiger partial charge in [-0.25, -0.2) is 0 Å². The first-order valence-corrected chi connectivity index (χ1v) is 10.1. The minimum absolute atomic E-state index is 0.110. The van der Waals surface area contributed by atoms with Crippen LogP contribution >= 0.6 is 15.9 Å². The molecule has 0 N–H and O–H groups in total. The summed E-state index contributed by atoms with van der Waals surface area (Å²) in [7, 11) is 0. The van der Waals surface area contributed by atoms with Crippen LogP contribution in [-0.4, -0.2) is 11.6 Å². The molecule has 4 aromatic rings. The molecule has 29 heavy (non-hydrogen) atoms. The standard InChI is InChI=1S/C26H15BrO2/c27-24-15-23-22(25(28)19-12-6-7-13-20(19)26(23)29)14-21(24)18-11-5-4-10-17(18)16-8-2-1-3-9-16/h1-15H. The van der Waals surface area contributed by atoms with Crippen LogP contribution < -0.4 is 0 Å². The van der Waals surface area contributed by atoms with Crippen LogP contribution in [0.2, 0.25) is 0 Å². The third kappa shape index (κ3) is 2.86. The smallest absolute Gasteiger partial charge is 0.194 e. The lowest BCUT2D eigenvalue weighted by Gasteiger charge is -2.20. The van der Waals surface area contributed by atoms with Crippen molar-refractivity contribution in [2.75, 3.05) is 0 Å². The zero-order valence-corrected chi connectivity index (χ0v) is 16.9. The van der Waals surface area contributed by atoms with E-state index in [1.807, 2.05) is 42.5 Å². The van der Waals surface area contributed by atoms with Crippen LogP contribution in [0.15, 0.2) is 95.5 Å². The van der Waals surface area contributed by atoms with Crippen LogP contribution in [-0.2, 0) is 0 Å². The Kier molecular flexibility index (Phi) is 4.26. The van der Waals surface area contributed by atoms with Gasteiger partial charge in [0.05, 0.1) is 0 Å². The predicted molar refractivity (Wildman–Crippen MR) is 118 cm³/mol. The van der Waals surface area contributed by atoms with Crippen molar-refractivity contribution in [3.63, 3.8) is 0 Å². The molecule has 5 rings (SSSR count). The largest absolute Gasteiger partial charge is 0.289 e. The Morgan fingerprint density at radius 2 is 0.931 bits per heavy atom. The highest BCUT2D eigenvalue weighted by atomic mass is 79.9. The van der Waals surface area contributed by atoms with Gasteiger partial charge in [0.25, 0.3) is 0 Å². The second-order valence-electron chi connectivity index (χ2n) is 6.99. The molecule has 3 heteroatoms. The Bertz CT molecular complexity index is 1290. The molecule has 0 aromatic heterocycles. The highest BCUT2D eigenvalue weighted by molar-refractivity contribution is 9.10. The van der Waals surface area contributed by atoms with E-state index in [0.717, 1.165) is 26.7 Å². The maximum absolute atomic E-state index is 13.1. The summed E-state index contributed by atoms with van der Waals surface area (Å²) < 4.78 is 0.792. The molecule has 0 radical (unpaired) electrons. The Balaban J connectivity index is 1.73. The first-order valence-electron chi connectivity index (χ1n) is 9.32. The Hall–Kier alpha value is -3.30. The quantitative estimate of drug-likeness (QED) is 0.312. The summed E-state index contributed by atoms with van der Waals surface area (Å²) in [6.07, 6.45) is 0. The lowest BCUT2D eigenvalue weighted by molar-refractivity contribution is 0.0979. The van der Waals surface area contributed by atoms with Gasteiger partial charge < -0.3 is 0 Å². The van der Waals surface area contributed by atoms with E-state index in [0.29, 0.717) is 22.3 Å². The highest BCUT2D eigenvalue weighted by Gasteiger charge is 2.30. The lowest BCUT2D eigenvalue weighted by atomic mass is 9.82. The van der Waals surface area contributed by atoms with Gasteiger partial charge in [0, 0.05) is 26.7 Å². The van der Waals surface area contributed by atoms with Crippen molar-refractivity contribution in [2.24, 2.45) is 0 Å². The Labute approximate surface area is 177 Å². The molecule has 0 unspecified atom stereocenters. The van der Waals surface area contributed by atoms with E-state index >= 15 is 0 Å². The number of hydrogen-bond donors (Lipinski definition) is 0. The molecule has 0 aliphatic heterocycles. The normalized spacial score (nSPS) is 12.4. The van der Waals surface area contributed by atoms with Crippen molar-refractivity contribution < 1.29 is 9.59 Å². The summed E-state index contributed by atoms with van der Waals surface area (Å²) in [5.41, 5.74) is 5.90. The predicted octanol–water partition coefficient (Wildman–Crippen LogP) is 6.56. The van der Waals surface area contributed by atoms with Crippen LogP contribution in [0.4, 0.5) is 0 Å². The second-order valence-corrected chi connectivity index (χ2v) is 7.85. The van der Waals surface area contributed by atoms with Gasteiger partial charge in [0.1, 0.15) is 0 Å². The molecular formula is C26H15BrO2. The van der Waals surface area contributed by atoms with E-state index < -0.39 is 0 Å². The lowest BCUT2D eigenvalue weighted by Crippen LogP contribution is -2.21. The molecule has 0 saturated carbocycles. The summed E-state index contributed by atoms with van der Waals surface area (Å²) in [4.78, 5) is 26.1. The first kappa shape index (κ1) is 17.8. The number of benzene rings is 4. The van der Waals surface area contributed by atoms with E-state index in [-0.39, 0.29) is 11.6 Å². The number of fused-ring (bicyclic) bond motifs is 2. The van der Waals surface area contributed by atoms with Gasteiger partial charge in [-0.05, 0) is 34.4 Å². The number of halogens is 1. The molecule has 1 aliphatic carbocycles. The summed E-state index contributed by atoms with van der Waals surface area (Å²) in [6, 6.07) is 28.9. The average molecular weight is 439 g/mol. The Morgan fingerprint density at radius 3 is 1.55 bits per heavy atom. The van der Waals surface area contributed by atoms with Crippen molar-refractivity contribution in [1.29, 1.82) is 0 Å². The van der Waals surface area contributed by atoms with Crippen LogP contribution in [0, 0.1) is 0 Å². The van der Waals surface area contributed by atoms with Crippen molar-refractivity contribution in [3.05, 3.63) is 118 Å². The number of carbonyl (C=O) groups is 2. The van der Waals surface area contributed by atoms with Crippen molar-refractivity contribution in [3.8, 4) is 22.3 Å². The summed E-state index contributed by atoms with van der Waals surface area (Å²) in [6.45, 7) is 0. The van der Waals surface area contributed by atoms with Crippen LogP contribution in [0.3, 0.4) is 0 Å². The second kappa shape index (κ2) is 6.94. The molecule has 0 saturated heterocycles. The molecule has 0 heterocycles. The minimum atomic E-state index is -0.112.